The molecule has 98 valence electrons. The molecule has 2 aromatic carbocycles. The quantitative estimate of drug-likeness (QED) is 0.661. The maximum Gasteiger partial charge on any atom is 0.278 e. The number of nitrogens with one attached hydrogen (secondary N) is 1. The van der Waals surface area contributed by atoms with Crippen LogP contribution in [-0.2, 0) is 11.4 Å². The summed E-state index contributed by atoms with van der Waals surface area (Å²) in [4.78, 5) is 21.6. The van der Waals surface area contributed by atoms with Crippen LogP contribution < -0.4 is 10.4 Å². The molecule has 0 spiro atoms. The summed E-state index contributed by atoms with van der Waals surface area (Å²) in [6, 6.07) is 16.3. The molecule has 0 aromatic heterocycles. The lowest BCUT2D eigenvalue weighted by Crippen LogP contribution is -2.26. The van der Waals surface area contributed by atoms with E-state index in [1.54, 1.807) is 18.2 Å². The standard InChI is InChI=1S/C15H15NO3/c1-2-12-8-6-7-11-14(12)15(17)16-19-18-13-9-4-3-5-10-13/h3-11H,2H2,1H3,(H,16,17). The molecule has 0 atom stereocenters. The van der Waals surface area contributed by atoms with Gasteiger partial charge in [0.25, 0.3) is 5.91 Å². The average Bonchev–Trinajstić information content (AvgIpc) is 2.48. The second kappa shape index (κ2) is 6.56. The first-order valence-corrected chi connectivity index (χ1v) is 6.08. The fraction of sp³-hybridized carbons (Fsp3) is 0.133. The summed E-state index contributed by atoms with van der Waals surface area (Å²) < 4.78 is 0. The Morgan fingerprint density at radius 3 is 2.47 bits per heavy atom. The van der Waals surface area contributed by atoms with E-state index < -0.39 is 0 Å². The van der Waals surface area contributed by atoms with Crippen LogP contribution in [0.2, 0.25) is 0 Å². The Labute approximate surface area is 111 Å². The van der Waals surface area contributed by atoms with Gasteiger partial charge in [0.05, 0.1) is 0 Å². The third-order valence-electron chi connectivity index (χ3n) is 2.66. The van der Waals surface area contributed by atoms with Crippen LogP contribution in [0, 0.1) is 0 Å². The molecule has 0 fully saturated rings. The van der Waals surface area contributed by atoms with E-state index in [0.29, 0.717) is 11.3 Å². The number of para-hydroxylation sites is 1. The van der Waals surface area contributed by atoms with Crippen LogP contribution in [-0.4, -0.2) is 5.91 Å². The Hall–Kier alpha value is -2.33. The summed E-state index contributed by atoms with van der Waals surface area (Å²) in [5.74, 6) is 0.194. The predicted octanol–water partition coefficient (Wildman–Crippen LogP) is 2.90. The molecule has 4 nitrogen and oxygen atoms in total. The van der Waals surface area contributed by atoms with Gasteiger partial charge in [-0.05, 0) is 30.2 Å². The highest BCUT2D eigenvalue weighted by molar-refractivity contribution is 5.94. The van der Waals surface area contributed by atoms with Crippen molar-refractivity contribution in [2.75, 3.05) is 0 Å². The van der Waals surface area contributed by atoms with Gasteiger partial charge in [0, 0.05) is 5.56 Å². The highest BCUT2D eigenvalue weighted by Gasteiger charge is 2.09. The van der Waals surface area contributed by atoms with Crippen molar-refractivity contribution in [2.45, 2.75) is 13.3 Å². The molecule has 1 N–H and O–H groups in total. The Balaban J connectivity index is 1.91. The Kier molecular flexibility index (Phi) is 4.53. The second-order valence-electron chi connectivity index (χ2n) is 3.92. The first-order chi connectivity index (χ1) is 9.31. The molecule has 0 bridgehead atoms. The minimum absolute atomic E-state index is 0.326. The Morgan fingerprint density at radius 1 is 1.05 bits per heavy atom. The number of amides is 1. The van der Waals surface area contributed by atoms with Gasteiger partial charge in [0.2, 0.25) is 0 Å². The van der Waals surface area contributed by atoms with E-state index in [1.165, 1.54) is 0 Å². The van der Waals surface area contributed by atoms with E-state index >= 15 is 0 Å². The van der Waals surface area contributed by atoms with Gasteiger partial charge in [0.15, 0.2) is 5.75 Å². The lowest BCUT2D eigenvalue weighted by atomic mass is 10.1. The molecule has 0 aliphatic heterocycles. The molecular weight excluding hydrogens is 242 g/mol. The molecule has 0 saturated heterocycles. The molecule has 4 heteroatoms. The number of benzene rings is 2. The summed E-state index contributed by atoms with van der Waals surface area (Å²) in [5, 5.41) is 0. The average molecular weight is 257 g/mol. The van der Waals surface area contributed by atoms with Crippen LogP contribution in [0.5, 0.6) is 5.75 Å². The van der Waals surface area contributed by atoms with E-state index in [0.717, 1.165) is 12.0 Å². The third kappa shape index (κ3) is 3.56. The zero-order chi connectivity index (χ0) is 13.5. The van der Waals surface area contributed by atoms with Gasteiger partial charge in [-0.25, -0.2) is 0 Å². The molecule has 0 aliphatic carbocycles. The number of carbonyl (C=O) groups is 1. The van der Waals surface area contributed by atoms with E-state index in [9.17, 15) is 4.79 Å². The fourth-order valence-electron chi connectivity index (χ4n) is 1.69. The predicted molar refractivity (Wildman–Crippen MR) is 71.4 cm³/mol. The SMILES string of the molecule is CCc1ccccc1C(=O)NOOc1ccccc1. The molecule has 1 amide bonds. The summed E-state index contributed by atoms with van der Waals surface area (Å²) in [5.41, 5.74) is 3.81. The van der Waals surface area contributed by atoms with Crippen molar-refractivity contribution in [3.05, 3.63) is 65.7 Å². The van der Waals surface area contributed by atoms with Crippen molar-refractivity contribution in [3.63, 3.8) is 0 Å². The van der Waals surface area contributed by atoms with Crippen molar-refractivity contribution in [1.82, 2.24) is 5.48 Å². The molecule has 0 aliphatic rings. The number of hydroxylamine groups is 1. The molecular formula is C15H15NO3. The minimum Gasteiger partial charge on any atom is -0.314 e. The topological polar surface area (TPSA) is 47.6 Å². The van der Waals surface area contributed by atoms with Gasteiger partial charge in [-0.1, -0.05) is 48.3 Å². The van der Waals surface area contributed by atoms with E-state index in [-0.39, 0.29) is 5.91 Å². The number of aryl methyl sites for hydroxylation is 1. The summed E-state index contributed by atoms with van der Waals surface area (Å²) >= 11 is 0. The molecule has 2 rings (SSSR count). The Bertz CT molecular complexity index is 540. The van der Waals surface area contributed by atoms with Crippen LogP contribution >= 0.6 is 0 Å². The minimum atomic E-state index is -0.326. The van der Waals surface area contributed by atoms with Gasteiger partial charge >= 0.3 is 0 Å². The number of hydrogen-bond acceptors (Lipinski definition) is 3. The van der Waals surface area contributed by atoms with Gasteiger partial charge in [-0.15, -0.1) is 0 Å². The fourth-order valence-corrected chi connectivity index (χ4v) is 1.69. The lowest BCUT2D eigenvalue weighted by molar-refractivity contribution is -0.243. The van der Waals surface area contributed by atoms with Gasteiger partial charge in [0.1, 0.15) is 0 Å². The zero-order valence-corrected chi connectivity index (χ0v) is 10.6. The highest BCUT2D eigenvalue weighted by atomic mass is 17.3. The lowest BCUT2D eigenvalue weighted by Gasteiger charge is -2.08. The van der Waals surface area contributed by atoms with Crippen molar-refractivity contribution < 1.29 is 14.7 Å². The molecule has 0 heterocycles. The van der Waals surface area contributed by atoms with E-state index in [1.807, 2.05) is 43.3 Å². The number of hydrogen-bond donors (Lipinski definition) is 1. The third-order valence-corrected chi connectivity index (χ3v) is 2.66. The first-order valence-electron chi connectivity index (χ1n) is 6.08. The maximum absolute atomic E-state index is 11.9. The monoisotopic (exact) mass is 257 g/mol. The molecule has 0 unspecified atom stereocenters. The second-order valence-corrected chi connectivity index (χ2v) is 3.92. The Morgan fingerprint density at radius 2 is 1.74 bits per heavy atom. The maximum atomic E-state index is 11.9. The summed E-state index contributed by atoms with van der Waals surface area (Å²) in [7, 11) is 0. The summed E-state index contributed by atoms with van der Waals surface area (Å²) in [6.45, 7) is 1.99. The van der Waals surface area contributed by atoms with Gasteiger partial charge < -0.3 is 4.89 Å². The van der Waals surface area contributed by atoms with Gasteiger partial charge in [-0.3, -0.25) is 4.79 Å². The van der Waals surface area contributed by atoms with Crippen LogP contribution in [0.25, 0.3) is 0 Å². The largest absolute Gasteiger partial charge is 0.314 e. The summed E-state index contributed by atoms with van der Waals surface area (Å²) in [6.07, 6.45) is 0.781. The van der Waals surface area contributed by atoms with Crippen molar-refractivity contribution in [2.24, 2.45) is 0 Å². The number of carbonyl (C=O) groups excluding carboxylic acids is 1. The normalized spacial score (nSPS) is 9.95. The smallest absolute Gasteiger partial charge is 0.278 e. The van der Waals surface area contributed by atoms with Gasteiger partial charge in [-0.2, -0.15) is 5.48 Å². The van der Waals surface area contributed by atoms with E-state index in [4.69, 9.17) is 9.88 Å². The molecule has 0 saturated carbocycles. The van der Waals surface area contributed by atoms with Crippen LogP contribution in [0.1, 0.15) is 22.8 Å². The highest BCUT2D eigenvalue weighted by Crippen LogP contribution is 2.10. The van der Waals surface area contributed by atoms with Crippen molar-refractivity contribution in [1.29, 1.82) is 0 Å². The van der Waals surface area contributed by atoms with Crippen LogP contribution in [0.4, 0.5) is 0 Å². The molecule has 0 radical (unpaired) electrons. The van der Waals surface area contributed by atoms with Crippen molar-refractivity contribution in [3.8, 4) is 5.75 Å². The van der Waals surface area contributed by atoms with Crippen LogP contribution in [0.15, 0.2) is 54.6 Å². The molecule has 2 aromatic rings. The molecule has 19 heavy (non-hydrogen) atoms. The van der Waals surface area contributed by atoms with Crippen LogP contribution in [0.3, 0.4) is 0 Å². The first kappa shape index (κ1) is 13.1. The van der Waals surface area contributed by atoms with Crippen molar-refractivity contribution >= 4 is 5.91 Å². The zero-order valence-electron chi connectivity index (χ0n) is 10.6. The van der Waals surface area contributed by atoms with E-state index in [2.05, 4.69) is 5.48 Å². The number of rotatable bonds is 5.